The first-order valence-corrected chi connectivity index (χ1v) is 6.01. The van der Waals surface area contributed by atoms with Gasteiger partial charge in [0, 0.05) is 0 Å². The van der Waals surface area contributed by atoms with Crippen LogP contribution in [0.5, 0.6) is 0 Å². The topological polar surface area (TPSA) is 30.2 Å². The van der Waals surface area contributed by atoms with Gasteiger partial charge in [-0.3, -0.25) is 4.79 Å². The highest BCUT2D eigenvalue weighted by atomic mass is 16.3. The van der Waals surface area contributed by atoms with E-state index in [9.17, 15) is 4.79 Å². The van der Waals surface area contributed by atoms with Crippen LogP contribution >= 0.6 is 0 Å². The summed E-state index contributed by atoms with van der Waals surface area (Å²) in [6.07, 6.45) is 12.7. The van der Waals surface area contributed by atoms with E-state index in [2.05, 4.69) is 13.0 Å². The molecule has 92 valence electrons. The highest BCUT2D eigenvalue weighted by Crippen LogP contribution is 2.10. The third-order valence-corrected chi connectivity index (χ3v) is 2.70. The predicted molar refractivity (Wildman–Crippen MR) is 69.8 cm³/mol. The summed E-state index contributed by atoms with van der Waals surface area (Å²) in [7, 11) is 0. The number of rotatable bonds is 7. The van der Waals surface area contributed by atoms with Gasteiger partial charge in [-0.25, -0.2) is 0 Å². The number of aryl methyl sites for hydroxylation is 1. The molecule has 0 atom stereocenters. The summed E-state index contributed by atoms with van der Waals surface area (Å²) in [5, 5.41) is 0. The first-order valence-electron chi connectivity index (χ1n) is 6.01. The van der Waals surface area contributed by atoms with Crippen LogP contribution in [0, 0.1) is 0 Å². The first-order chi connectivity index (χ1) is 8.22. The predicted octanol–water partition coefficient (Wildman–Crippen LogP) is 4.08. The first kappa shape index (κ1) is 13.5. The van der Waals surface area contributed by atoms with Gasteiger partial charge in [-0.1, -0.05) is 17.7 Å². The molecule has 1 aromatic heterocycles. The van der Waals surface area contributed by atoms with E-state index >= 15 is 0 Å². The molecular formula is C15H20O2. The van der Waals surface area contributed by atoms with Gasteiger partial charge < -0.3 is 4.42 Å². The third kappa shape index (κ3) is 5.91. The highest BCUT2D eigenvalue weighted by Gasteiger charge is 1.93. The van der Waals surface area contributed by atoms with Crippen LogP contribution in [0.1, 0.15) is 38.7 Å². The molecule has 0 radical (unpaired) electrons. The fourth-order valence-electron chi connectivity index (χ4n) is 1.60. The van der Waals surface area contributed by atoms with Gasteiger partial charge in [0.1, 0.15) is 6.29 Å². The smallest absolute Gasteiger partial charge is 0.145 e. The molecule has 0 saturated carbocycles. The second-order valence-corrected chi connectivity index (χ2v) is 4.33. The Labute approximate surface area is 103 Å². The molecule has 0 aliphatic heterocycles. The van der Waals surface area contributed by atoms with Gasteiger partial charge in [-0.05, 0) is 56.7 Å². The largest absolute Gasteiger partial charge is 0.472 e. The van der Waals surface area contributed by atoms with Crippen molar-refractivity contribution >= 4 is 6.29 Å². The van der Waals surface area contributed by atoms with Crippen LogP contribution in [0.15, 0.2) is 46.3 Å². The molecule has 1 rings (SSSR count). The molecule has 1 aromatic rings. The molecule has 0 aromatic carbocycles. The van der Waals surface area contributed by atoms with Crippen LogP contribution in [0.2, 0.25) is 0 Å². The van der Waals surface area contributed by atoms with Gasteiger partial charge in [0.25, 0.3) is 0 Å². The lowest BCUT2D eigenvalue weighted by Gasteiger charge is -1.98. The number of hydrogen-bond acceptors (Lipinski definition) is 2. The van der Waals surface area contributed by atoms with Crippen molar-refractivity contribution in [1.29, 1.82) is 0 Å². The molecule has 0 amide bonds. The molecular weight excluding hydrogens is 212 g/mol. The molecule has 1 heterocycles. The molecule has 0 spiro atoms. The van der Waals surface area contributed by atoms with Crippen molar-refractivity contribution in [3.05, 3.63) is 47.5 Å². The lowest BCUT2D eigenvalue weighted by molar-refractivity contribution is -0.104. The van der Waals surface area contributed by atoms with Gasteiger partial charge in [-0.15, -0.1) is 0 Å². The van der Waals surface area contributed by atoms with E-state index in [-0.39, 0.29) is 0 Å². The second kappa shape index (κ2) is 7.66. The van der Waals surface area contributed by atoms with Crippen molar-refractivity contribution in [1.82, 2.24) is 0 Å². The fourth-order valence-corrected chi connectivity index (χ4v) is 1.60. The Hall–Kier alpha value is -1.57. The second-order valence-electron chi connectivity index (χ2n) is 4.33. The number of carbonyl (C=O) groups excluding carboxylic acids is 1. The normalized spacial score (nSPS) is 12.8. The third-order valence-electron chi connectivity index (χ3n) is 2.70. The van der Waals surface area contributed by atoms with Gasteiger partial charge >= 0.3 is 0 Å². The zero-order valence-corrected chi connectivity index (χ0v) is 10.6. The molecule has 0 aliphatic rings. The Bertz CT molecular complexity index is 383. The van der Waals surface area contributed by atoms with Crippen molar-refractivity contribution in [3.63, 3.8) is 0 Å². The molecule has 0 N–H and O–H groups in total. The average Bonchev–Trinajstić information content (AvgIpc) is 2.82. The molecule has 0 unspecified atom stereocenters. The average molecular weight is 232 g/mol. The van der Waals surface area contributed by atoms with Crippen molar-refractivity contribution in [3.8, 4) is 0 Å². The van der Waals surface area contributed by atoms with Crippen LogP contribution in [-0.4, -0.2) is 6.29 Å². The summed E-state index contributed by atoms with van der Waals surface area (Å²) in [6.45, 7) is 3.98. The quantitative estimate of drug-likeness (QED) is 0.403. The van der Waals surface area contributed by atoms with Crippen molar-refractivity contribution < 1.29 is 9.21 Å². The molecule has 2 nitrogen and oxygen atoms in total. The summed E-state index contributed by atoms with van der Waals surface area (Å²) in [6, 6.07) is 2.00. The minimum atomic E-state index is 0.816. The van der Waals surface area contributed by atoms with Gasteiger partial charge in [0.2, 0.25) is 0 Å². The minimum absolute atomic E-state index is 0.816. The van der Waals surface area contributed by atoms with E-state index in [0.717, 1.165) is 37.5 Å². The number of carbonyl (C=O) groups is 1. The molecule has 0 fully saturated rings. The van der Waals surface area contributed by atoms with Crippen LogP contribution < -0.4 is 0 Å². The van der Waals surface area contributed by atoms with Crippen molar-refractivity contribution in [2.24, 2.45) is 0 Å². The van der Waals surface area contributed by atoms with Crippen LogP contribution in [0.25, 0.3) is 0 Å². The molecule has 2 heteroatoms. The van der Waals surface area contributed by atoms with Gasteiger partial charge in [-0.2, -0.15) is 0 Å². The number of aldehydes is 1. The maximum Gasteiger partial charge on any atom is 0.145 e. The number of allylic oxidation sites excluding steroid dienone is 4. The van der Waals surface area contributed by atoms with Gasteiger partial charge in [0.05, 0.1) is 12.5 Å². The van der Waals surface area contributed by atoms with E-state index in [0.29, 0.717) is 0 Å². The lowest BCUT2D eigenvalue weighted by atomic mass is 10.1. The van der Waals surface area contributed by atoms with Crippen LogP contribution in [-0.2, 0) is 11.2 Å². The Morgan fingerprint density at radius 1 is 1.29 bits per heavy atom. The van der Waals surface area contributed by atoms with Crippen LogP contribution in [0.3, 0.4) is 0 Å². The maximum absolute atomic E-state index is 10.4. The Balaban J connectivity index is 2.23. The maximum atomic E-state index is 10.4. The zero-order chi connectivity index (χ0) is 12.5. The SMILES string of the molecule is C/C(C=O)=C\CC/C(C)=C/CCc1ccoc1. The van der Waals surface area contributed by atoms with E-state index in [1.54, 1.807) is 12.5 Å². The van der Waals surface area contributed by atoms with Gasteiger partial charge in [0.15, 0.2) is 0 Å². The van der Waals surface area contributed by atoms with E-state index < -0.39 is 0 Å². The highest BCUT2D eigenvalue weighted by molar-refractivity contribution is 5.71. The van der Waals surface area contributed by atoms with Crippen molar-refractivity contribution in [2.75, 3.05) is 0 Å². The van der Waals surface area contributed by atoms with Crippen LogP contribution in [0.4, 0.5) is 0 Å². The number of furan rings is 1. The van der Waals surface area contributed by atoms with Crippen molar-refractivity contribution in [2.45, 2.75) is 39.5 Å². The van der Waals surface area contributed by atoms with E-state index in [1.807, 2.05) is 19.1 Å². The summed E-state index contributed by atoms with van der Waals surface area (Å²) in [4.78, 5) is 10.4. The minimum Gasteiger partial charge on any atom is -0.472 e. The number of hydrogen-bond donors (Lipinski definition) is 0. The summed E-state index contributed by atoms with van der Waals surface area (Å²) in [5.74, 6) is 0. The Kier molecular flexibility index (Phi) is 6.08. The Morgan fingerprint density at radius 2 is 2.12 bits per heavy atom. The fraction of sp³-hybridized carbons (Fsp3) is 0.400. The molecule has 17 heavy (non-hydrogen) atoms. The molecule has 0 saturated heterocycles. The standard InChI is InChI=1S/C15H20O2/c1-13(5-3-7-14(2)11-16)6-4-8-15-9-10-17-12-15/h6-7,9-12H,3-5,8H2,1-2H3/b13-6+,14-7+. The van der Waals surface area contributed by atoms with E-state index in [4.69, 9.17) is 4.42 Å². The zero-order valence-electron chi connectivity index (χ0n) is 10.6. The van der Waals surface area contributed by atoms with E-state index in [1.165, 1.54) is 11.1 Å². The monoisotopic (exact) mass is 232 g/mol. The summed E-state index contributed by atoms with van der Waals surface area (Å²) in [5.41, 5.74) is 3.44. The Morgan fingerprint density at radius 3 is 2.76 bits per heavy atom. The summed E-state index contributed by atoms with van der Waals surface area (Å²) < 4.78 is 5.01. The molecule has 0 bridgehead atoms. The summed E-state index contributed by atoms with van der Waals surface area (Å²) >= 11 is 0. The molecule has 0 aliphatic carbocycles. The lowest BCUT2D eigenvalue weighted by Crippen LogP contribution is -1.82.